The Morgan fingerprint density at radius 1 is 1.37 bits per heavy atom. The summed E-state index contributed by atoms with van der Waals surface area (Å²) in [6.07, 6.45) is 5.28. The van der Waals surface area contributed by atoms with Crippen LogP contribution in [0, 0.1) is 0 Å². The van der Waals surface area contributed by atoms with Crippen LogP contribution in [0.5, 0.6) is 0 Å². The van der Waals surface area contributed by atoms with E-state index in [0.717, 1.165) is 26.2 Å². The Bertz CT molecular complexity index is 369. The molecule has 108 valence electrons. The van der Waals surface area contributed by atoms with E-state index in [4.69, 9.17) is 0 Å². The molecule has 0 saturated carbocycles. The maximum absolute atomic E-state index is 4.35. The number of nitrogens with zero attached hydrogens (tertiary/aromatic N) is 3. The molecule has 4 nitrogen and oxygen atoms in total. The van der Waals surface area contributed by atoms with E-state index in [1.54, 1.807) is 0 Å². The number of hydrogen-bond donors (Lipinski definition) is 1. The number of imidazole rings is 1. The molecule has 1 atom stereocenters. The first kappa shape index (κ1) is 14.5. The van der Waals surface area contributed by atoms with E-state index in [9.17, 15) is 0 Å². The highest BCUT2D eigenvalue weighted by molar-refractivity contribution is 5.09. The van der Waals surface area contributed by atoms with Gasteiger partial charge in [0.15, 0.2) is 0 Å². The minimum Gasteiger partial charge on any atom is -0.333 e. The average Bonchev–Trinajstić information content (AvgIpc) is 2.97. The molecule has 1 aliphatic rings. The molecule has 1 unspecified atom stereocenters. The van der Waals surface area contributed by atoms with Crippen molar-refractivity contribution >= 4 is 0 Å². The normalized spacial score (nSPS) is 20.1. The minimum absolute atomic E-state index is 0.597. The van der Waals surface area contributed by atoms with Crippen LogP contribution in [0.3, 0.4) is 0 Å². The fourth-order valence-corrected chi connectivity index (χ4v) is 3.10. The zero-order valence-corrected chi connectivity index (χ0v) is 12.8. The number of nitrogens with one attached hydrogen (secondary N) is 1. The van der Waals surface area contributed by atoms with Gasteiger partial charge in [0.2, 0.25) is 0 Å². The second kappa shape index (κ2) is 6.53. The van der Waals surface area contributed by atoms with Gasteiger partial charge in [0.1, 0.15) is 0 Å². The van der Waals surface area contributed by atoms with Crippen molar-refractivity contribution in [3.63, 3.8) is 0 Å². The van der Waals surface area contributed by atoms with E-state index < -0.39 is 0 Å². The summed E-state index contributed by atoms with van der Waals surface area (Å²) in [6.45, 7) is 13.5. The fraction of sp³-hybridized carbons (Fsp3) is 0.800. The van der Waals surface area contributed by atoms with Gasteiger partial charge in [-0.05, 0) is 40.7 Å². The van der Waals surface area contributed by atoms with Crippen molar-refractivity contribution in [2.45, 2.75) is 58.7 Å². The Morgan fingerprint density at radius 2 is 2.11 bits per heavy atom. The van der Waals surface area contributed by atoms with E-state index in [1.807, 2.05) is 12.5 Å². The smallest absolute Gasteiger partial charge is 0.0948 e. The Hall–Kier alpha value is -0.870. The number of rotatable bonds is 6. The molecular formula is C15H28N4. The average molecular weight is 264 g/mol. The molecule has 0 amide bonds. The Balaban J connectivity index is 1.97. The summed E-state index contributed by atoms with van der Waals surface area (Å²) in [5, 5.41) is 3.44. The van der Waals surface area contributed by atoms with Gasteiger partial charge >= 0.3 is 0 Å². The second-order valence-corrected chi connectivity index (χ2v) is 6.13. The van der Waals surface area contributed by atoms with Crippen LogP contribution in [-0.4, -0.2) is 46.2 Å². The molecule has 1 aliphatic heterocycles. The maximum Gasteiger partial charge on any atom is 0.0948 e. The molecule has 0 aromatic carbocycles. The van der Waals surface area contributed by atoms with Crippen LogP contribution in [0.4, 0.5) is 0 Å². The van der Waals surface area contributed by atoms with Gasteiger partial charge in [0, 0.05) is 49.5 Å². The first-order valence-electron chi connectivity index (χ1n) is 7.56. The van der Waals surface area contributed by atoms with Gasteiger partial charge in [-0.25, -0.2) is 4.98 Å². The van der Waals surface area contributed by atoms with Crippen LogP contribution in [-0.2, 0) is 6.54 Å². The molecule has 19 heavy (non-hydrogen) atoms. The lowest BCUT2D eigenvalue weighted by Gasteiger charge is -2.30. The summed E-state index contributed by atoms with van der Waals surface area (Å²) in [5.74, 6) is 0.647. The molecule has 1 saturated heterocycles. The molecule has 2 rings (SSSR count). The Labute approximate surface area is 117 Å². The Morgan fingerprint density at radius 3 is 2.68 bits per heavy atom. The topological polar surface area (TPSA) is 33.1 Å². The molecule has 4 heteroatoms. The molecule has 0 spiro atoms. The third-order valence-corrected chi connectivity index (χ3v) is 4.15. The summed E-state index contributed by atoms with van der Waals surface area (Å²) in [6, 6.07) is 1.19. The molecule has 0 bridgehead atoms. The van der Waals surface area contributed by atoms with Crippen LogP contribution < -0.4 is 5.32 Å². The first-order chi connectivity index (χ1) is 9.09. The number of aromatic nitrogens is 2. The lowest BCUT2D eigenvalue weighted by atomic mass is 10.1. The lowest BCUT2D eigenvalue weighted by Crippen LogP contribution is -2.39. The summed E-state index contributed by atoms with van der Waals surface area (Å²) in [4.78, 5) is 6.89. The number of hydrogen-bond acceptors (Lipinski definition) is 3. The summed E-state index contributed by atoms with van der Waals surface area (Å²) in [5.41, 5.74) is 1.40. The highest BCUT2D eigenvalue weighted by atomic mass is 15.2. The standard InChI is InChI=1S/C15H28N4/c1-12(2)19(13(3)4)8-7-18-11-17-10-15(18)14-5-6-16-9-14/h10-14,16H,5-9H2,1-4H3. The molecule has 0 aliphatic carbocycles. The predicted octanol–water partition coefficient (Wildman–Crippen LogP) is 2.08. The molecule has 1 fully saturated rings. The van der Waals surface area contributed by atoms with Crippen LogP contribution in [0.25, 0.3) is 0 Å². The summed E-state index contributed by atoms with van der Waals surface area (Å²) in [7, 11) is 0. The van der Waals surface area contributed by atoms with Crippen molar-refractivity contribution in [3.05, 3.63) is 18.2 Å². The van der Waals surface area contributed by atoms with Gasteiger partial charge in [-0.15, -0.1) is 0 Å². The zero-order chi connectivity index (χ0) is 13.8. The van der Waals surface area contributed by atoms with Gasteiger partial charge in [-0.3, -0.25) is 4.90 Å². The van der Waals surface area contributed by atoms with E-state index in [0.29, 0.717) is 18.0 Å². The second-order valence-electron chi connectivity index (χ2n) is 6.13. The third-order valence-electron chi connectivity index (χ3n) is 4.15. The Kier molecular flexibility index (Phi) is 4.99. The largest absolute Gasteiger partial charge is 0.333 e. The van der Waals surface area contributed by atoms with Gasteiger partial charge in [-0.2, -0.15) is 0 Å². The molecular weight excluding hydrogens is 236 g/mol. The van der Waals surface area contributed by atoms with Crippen molar-refractivity contribution in [2.75, 3.05) is 19.6 Å². The van der Waals surface area contributed by atoms with Crippen molar-refractivity contribution in [1.82, 2.24) is 19.8 Å². The summed E-state index contributed by atoms with van der Waals surface area (Å²) < 4.78 is 2.34. The van der Waals surface area contributed by atoms with Crippen LogP contribution in [0.2, 0.25) is 0 Å². The zero-order valence-electron chi connectivity index (χ0n) is 12.8. The lowest BCUT2D eigenvalue weighted by molar-refractivity contribution is 0.167. The monoisotopic (exact) mass is 264 g/mol. The van der Waals surface area contributed by atoms with Crippen LogP contribution in [0.15, 0.2) is 12.5 Å². The van der Waals surface area contributed by atoms with E-state index >= 15 is 0 Å². The highest BCUT2D eigenvalue weighted by Gasteiger charge is 2.20. The summed E-state index contributed by atoms with van der Waals surface area (Å²) >= 11 is 0. The van der Waals surface area contributed by atoms with Gasteiger partial charge in [0.25, 0.3) is 0 Å². The molecule has 0 radical (unpaired) electrons. The van der Waals surface area contributed by atoms with Gasteiger partial charge in [0.05, 0.1) is 6.33 Å². The highest BCUT2D eigenvalue weighted by Crippen LogP contribution is 2.22. The van der Waals surface area contributed by atoms with Crippen molar-refractivity contribution in [2.24, 2.45) is 0 Å². The molecule has 1 aromatic heterocycles. The molecule has 1 N–H and O–H groups in total. The molecule has 2 heterocycles. The van der Waals surface area contributed by atoms with E-state index in [1.165, 1.54) is 12.1 Å². The van der Waals surface area contributed by atoms with E-state index in [-0.39, 0.29) is 0 Å². The van der Waals surface area contributed by atoms with Crippen LogP contribution >= 0.6 is 0 Å². The SMILES string of the molecule is CC(C)N(CCn1cncc1C1CCNC1)C(C)C. The van der Waals surface area contributed by atoms with E-state index in [2.05, 4.69) is 47.5 Å². The van der Waals surface area contributed by atoms with Gasteiger partial charge < -0.3 is 9.88 Å². The van der Waals surface area contributed by atoms with Crippen molar-refractivity contribution in [1.29, 1.82) is 0 Å². The van der Waals surface area contributed by atoms with Crippen molar-refractivity contribution < 1.29 is 0 Å². The quantitative estimate of drug-likeness (QED) is 0.854. The predicted molar refractivity (Wildman–Crippen MR) is 79.4 cm³/mol. The minimum atomic E-state index is 0.597. The van der Waals surface area contributed by atoms with Crippen molar-refractivity contribution in [3.8, 4) is 0 Å². The third kappa shape index (κ3) is 3.57. The first-order valence-corrected chi connectivity index (χ1v) is 7.56. The maximum atomic E-state index is 4.35. The van der Waals surface area contributed by atoms with Crippen LogP contribution in [0.1, 0.15) is 45.7 Å². The molecule has 1 aromatic rings. The van der Waals surface area contributed by atoms with Gasteiger partial charge in [-0.1, -0.05) is 0 Å². The fourth-order valence-electron chi connectivity index (χ4n) is 3.10.